The lowest BCUT2D eigenvalue weighted by Crippen LogP contribution is -2.15. The first kappa shape index (κ1) is 12.4. The van der Waals surface area contributed by atoms with Gasteiger partial charge < -0.3 is 10.4 Å². The van der Waals surface area contributed by atoms with Gasteiger partial charge in [-0.05, 0) is 17.9 Å². The molecule has 0 fully saturated rings. The third-order valence-corrected chi connectivity index (χ3v) is 2.12. The van der Waals surface area contributed by atoms with E-state index in [9.17, 15) is 4.79 Å². The summed E-state index contributed by atoms with van der Waals surface area (Å²) in [6.07, 6.45) is 2.31. The number of hydrogen-bond acceptors (Lipinski definition) is 4. The van der Waals surface area contributed by atoms with Crippen molar-refractivity contribution in [1.29, 1.82) is 0 Å². The van der Waals surface area contributed by atoms with Gasteiger partial charge in [0.05, 0.1) is 6.20 Å². The Morgan fingerprint density at radius 2 is 2.19 bits per heavy atom. The van der Waals surface area contributed by atoms with E-state index in [1.54, 1.807) is 0 Å². The zero-order chi connectivity index (χ0) is 12.2. The van der Waals surface area contributed by atoms with E-state index in [0.717, 1.165) is 6.42 Å². The SMILES string of the molecule is CC(C)(C)CCNc1nnccc1C(=O)O. The van der Waals surface area contributed by atoms with Crippen LogP contribution >= 0.6 is 0 Å². The zero-order valence-corrected chi connectivity index (χ0v) is 9.82. The molecule has 1 heterocycles. The molecule has 88 valence electrons. The van der Waals surface area contributed by atoms with Crippen LogP contribution in [0.3, 0.4) is 0 Å². The summed E-state index contributed by atoms with van der Waals surface area (Å²) < 4.78 is 0. The van der Waals surface area contributed by atoms with Crippen molar-refractivity contribution in [2.24, 2.45) is 5.41 Å². The Balaban J connectivity index is 2.64. The van der Waals surface area contributed by atoms with Crippen LogP contribution in [-0.2, 0) is 0 Å². The first-order chi connectivity index (χ1) is 7.40. The van der Waals surface area contributed by atoms with Crippen molar-refractivity contribution in [3.05, 3.63) is 17.8 Å². The van der Waals surface area contributed by atoms with E-state index in [1.807, 2.05) is 0 Å². The smallest absolute Gasteiger partial charge is 0.339 e. The number of nitrogens with one attached hydrogen (secondary N) is 1. The molecule has 5 heteroatoms. The molecule has 0 bridgehead atoms. The van der Waals surface area contributed by atoms with Gasteiger partial charge in [-0.1, -0.05) is 20.8 Å². The van der Waals surface area contributed by atoms with Gasteiger partial charge in [-0.25, -0.2) is 4.79 Å². The number of carboxylic acid groups (broad SMARTS) is 1. The molecule has 0 aliphatic carbocycles. The van der Waals surface area contributed by atoms with Crippen LogP contribution in [0.4, 0.5) is 5.82 Å². The Kier molecular flexibility index (Phi) is 3.82. The van der Waals surface area contributed by atoms with Gasteiger partial charge >= 0.3 is 5.97 Å². The zero-order valence-electron chi connectivity index (χ0n) is 9.82. The Bertz CT molecular complexity index is 372. The number of carboxylic acids is 1. The molecule has 2 N–H and O–H groups in total. The topological polar surface area (TPSA) is 75.1 Å². The van der Waals surface area contributed by atoms with E-state index < -0.39 is 5.97 Å². The van der Waals surface area contributed by atoms with E-state index in [2.05, 4.69) is 36.3 Å². The van der Waals surface area contributed by atoms with Crippen molar-refractivity contribution >= 4 is 11.8 Å². The third-order valence-electron chi connectivity index (χ3n) is 2.12. The molecule has 0 spiro atoms. The van der Waals surface area contributed by atoms with Crippen LogP contribution in [0.25, 0.3) is 0 Å². The lowest BCUT2D eigenvalue weighted by atomic mass is 9.92. The van der Waals surface area contributed by atoms with E-state index in [1.165, 1.54) is 12.3 Å². The molecule has 0 saturated carbocycles. The second-order valence-corrected chi connectivity index (χ2v) is 4.84. The van der Waals surface area contributed by atoms with Gasteiger partial charge in [0.15, 0.2) is 5.82 Å². The summed E-state index contributed by atoms with van der Waals surface area (Å²) in [4.78, 5) is 10.9. The lowest BCUT2D eigenvalue weighted by molar-refractivity contribution is 0.0697. The second-order valence-electron chi connectivity index (χ2n) is 4.84. The first-order valence-corrected chi connectivity index (χ1v) is 5.19. The Morgan fingerprint density at radius 3 is 2.75 bits per heavy atom. The van der Waals surface area contributed by atoms with Crippen LogP contribution in [0.15, 0.2) is 12.3 Å². The predicted molar refractivity (Wildman–Crippen MR) is 61.6 cm³/mol. The highest BCUT2D eigenvalue weighted by Gasteiger charge is 2.13. The highest BCUT2D eigenvalue weighted by Crippen LogP contribution is 2.18. The molecule has 0 radical (unpaired) electrons. The maximum atomic E-state index is 10.9. The van der Waals surface area contributed by atoms with E-state index in [0.29, 0.717) is 12.4 Å². The van der Waals surface area contributed by atoms with Gasteiger partial charge in [0, 0.05) is 6.54 Å². The molecular formula is C11H17N3O2. The summed E-state index contributed by atoms with van der Waals surface area (Å²) in [6.45, 7) is 7.07. The molecule has 0 aliphatic heterocycles. The van der Waals surface area contributed by atoms with Crippen molar-refractivity contribution in [3.8, 4) is 0 Å². The van der Waals surface area contributed by atoms with Crippen LogP contribution in [-0.4, -0.2) is 27.8 Å². The van der Waals surface area contributed by atoms with E-state index in [4.69, 9.17) is 5.11 Å². The molecule has 16 heavy (non-hydrogen) atoms. The lowest BCUT2D eigenvalue weighted by Gasteiger charge is -2.18. The molecule has 1 aromatic rings. The van der Waals surface area contributed by atoms with Crippen LogP contribution in [0.2, 0.25) is 0 Å². The fourth-order valence-electron chi connectivity index (χ4n) is 1.19. The van der Waals surface area contributed by atoms with Gasteiger partial charge in [-0.3, -0.25) is 0 Å². The van der Waals surface area contributed by atoms with Gasteiger partial charge in [-0.2, -0.15) is 5.10 Å². The van der Waals surface area contributed by atoms with Crippen molar-refractivity contribution in [2.45, 2.75) is 27.2 Å². The van der Waals surface area contributed by atoms with Crippen molar-refractivity contribution < 1.29 is 9.90 Å². The summed E-state index contributed by atoms with van der Waals surface area (Å²) in [5.74, 6) is -0.660. The van der Waals surface area contributed by atoms with E-state index in [-0.39, 0.29) is 11.0 Å². The second kappa shape index (κ2) is 4.92. The monoisotopic (exact) mass is 223 g/mol. The highest BCUT2D eigenvalue weighted by molar-refractivity contribution is 5.92. The van der Waals surface area contributed by atoms with Gasteiger partial charge in [0.1, 0.15) is 5.56 Å². The minimum Gasteiger partial charge on any atom is -0.478 e. The minimum atomic E-state index is -0.992. The third kappa shape index (κ3) is 3.84. The highest BCUT2D eigenvalue weighted by atomic mass is 16.4. The number of aromatic nitrogens is 2. The van der Waals surface area contributed by atoms with Crippen LogP contribution < -0.4 is 5.32 Å². The average molecular weight is 223 g/mol. The molecule has 0 unspecified atom stereocenters. The summed E-state index contributed by atoms with van der Waals surface area (Å²) in [5, 5.41) is 19.4. The molecule has 1 aromatic heterocycles. The number of carbonyl (C=O) groups is 1. The Hall–Kier alpha value is -1.65. The van der Waals surface area contributed by atoms with E-state index >= 15 is 0 Å². The fourth-order valence-corrected chi connectivity index (χ4v) is 1.19. The maximum absolute atomic E-state index is 10.9. The van der Waals surface area contributed by atoms with Gasteiger partial charge in [0.2, 0.25) is 0 Å². The van der Waals surface area contributed by atoms with Crippen molar-refractivity contribution in [1.82, 2.24) is 10.2 Å². The quantitative estimate of drug-likeness (QED) is 0.816. The molecule has 1 rings (SSSR count). The predicted octanol–water partition coefficient (Wildman–Crippen LogP) is 2.02. The molecule has 5 nitrogen and oxygen atoms in total. The number of aromatic carboxylic acids is 1. The minimum absolute atomic E-state index is 0.156. The molecule has 0 atom stereocenters. The summed E-state index contributed by atoms with van der Waals surface area (Å²) in [7, 11) is 0. The average Bonchev–Trinajstić information content (AvgIpc) is 2.16. The van der Waals surface area contributed by atoms with Crippen LogP contribution in [0.1, 0.15) is 37.6 Å². The first-order valence-electron chi connectivity index (χ1n) is 5.19. The van der Waals surface area contributed by atoms with Crippen LogP contribution in [0.5, 0.6) is 0 Å². The Morgan fingerprint density at radius 1 is 1.50 bits per heavy atom. The molecule has 0 aliphatic rings. The summed E-state index contributed by atoms with van der Waals surface area (Å²) in [5.41, 5.74) is 0.363. The van der Waals surface area contributed by atoms with Gasteiger partial charge in [0.25, 0.3) is 0 Å². The number of anilines is 1. The standard InChI is InChI=1S/C11H17N3O2/c1-11(2,3)5-7-12-9-8(10(15)16)4-6-13-14-9/h4,6H,5,7H2,1-3H3,(H,12,14)(H,15,16). The number of hydrogen-bond donors (Lipinski definition) is 2. The maximum Gasteiger partial charge on any atom is 0.339 e. The molecule has 0 saturated heterocycles. The van der Waals surface area contributed by atoms with Gasteiger partial charge in [-0.15, -0.1) is 5.10 Å². The summed E-state index contributed by atoms with van der Waals surface area (Å²) in [6, 6.07) is 1.44. The fraction of sp³-hybridized carbons (Fsp3) is 0.545. The van der Waals surface area contributed by atoms with Crippen molar-refractivity contribution in [3.63, 3.8) is 0 Å². The molecule has 0 amide bonds. The number of nitrogens with zero attached hydrogens (tertiary/aromatic N) is 2. The largest absolute Gasteiger partial charge is 0.478 e. The van der Waals surface area contributed by atoms with Crippen LogP contribution in [0, 0.1) is 5.41 Å². The number of rotatable bonds is 4. The molecular weight excluding hydrogens is 206 g/mol. The Labute approximate surface area is 94.9 Å². The van der Waals surface area contributed by atoms with Crippen molar-refractivity contribution in [2.75, 3.05) is 11.9 Å². The molecule has 0 aromatic carbocycles. The normalized spacial score (nSPS) is 11.2. The summed E-state index contributed by atoms with van der Waals surface area (Å²) >= 11 is 0.